The standard InChI is InChI=1S/C16H19N3O.HI/c1-13-7-5-6-10-15(13)20-12-11-18-16(17)19-14-8-3-2-4-9-14;/h2-10H,11-12H2,1H3,(H3,17,18,19);1H. The predicted molar refractivity (Wildman–Crippen MR) is 98.6 cm³/mol. The maximum absolute atomic E-state index is 5.80. The number of halogens is 1. The van der Waals surface area contributed by atoms with Gasteiger partial charge in [0.2, 0.25) is 0 Å². The number of para-hydroxylation sites is 2. The van der Waals surface area contributed by atoms with Crippen molar-refractivity contribution >= 4 is 35.6 Å². The third kappa shape index (κ3) is 6.03. The Kier molecular flexibility index (Phi) is 7.60. The summed E-state index contributed by atoms with van der Waals surface area (Å²) < 4.78 is 5.65. The van der Waals surface area contributed by atoms with Crippen LogP contribution in [-0.2, 0) is 0 Å². The molecule has 112 valence electrons. The van der Waals surface area contributed by atoms with E-state index in [2.05, 4.69) is 10.3 Å². The minimum atomic E-state index is 0. The molecule has 0 fully saturated rings. The van der Waals surface area contributed by atoms with Gasteiger partial charge in [0.25, 0.3) is 0 Å². The Morgan fingerprint density at radius 2 is 1.76 bits per heavy atom. The minimum Gasteiger partial charge on any atom is -0.491 e. The highest BCUT2D eigenvalue weighted by Gasteiger charge is 1.97. The Labute approximate surface area is 142 Å². The zero-order chi connectivity index (χ0) is 14.2. The van der Waals surface area contributed by atoms with Crippen molar-refractivity contribution in [3.8, 4) is 5.75 Å². The summed E-state index contributed by atoms with van der Waals surface area (Å²) >= 11 is 0. The van der Waals surface area contributed by atoms with Gasteiger partial charge in [-0.25, -0.2) is 4.99 Å². The van der Waals surface area contributed by atoms with E-state index in [4.69, 9.17) is 10.5 Å². The van der Waals surface area contributed by atoms with E-state index in [0.717, 1.165) is 17.0 Å². The molecule has 2 aromatic rings. The van der Waals surface area contributed by atoms with Crippen molar-refractivity contribution in [3.05, 3.63) is 60.2 Å². The van der Waals surface area contributed by atoms with Gasteiger partial charge >= 0.3 is 0 Å². The molecule has 3 N–H and O–H groups in total. The highest BCUT2D eigenvalue weighted by molar-refractivity contribution is 14.0. The molecule has 0 aliphatic carbocycles. The number of benzene rings is 2. The Bertz CT molecular complexity index is 573. The third-order valence-corrected chi connectivity index (χ3v) is 2.77. The van der Waals surface area contributed by atoms with Gasteiger partial charge in [0, 0.05) is 5.69 Å². The van der Waals surface area contributed by atoms with E-state index in [-0.39, 0.29) is 24.0 Å². The lowest BCUT2D eigenvalue weighted by molar-refractivity contribution is 0.326. The van der Waals surface area contributed by atoms with Crippen molar-refractivity contribution < 1.29 is 4.74 Å². The molecule has 4 nitrogen and oxygen atoms in total. The lowest BCUT2D eigenvalue weighted by Crippen LogP contribution is -2.23. The van der Waals surface area contributed by atoms with Crippen LogP contribution in [0.3, 0.4) is 0 Å². The first kappa shape index (κ1) is 17.3. The fraction of sp³-hybridized carbons (Fsp3) is 0.188. The zero-order valence-corrected chi connectivity index (χ0v) is 14.3. The molecule has 5 heteroatoms. The molecule has 0 heterocycles. The van der Waals surface area contributed by atoms with Gasteiger partial charge in [-0.05, 0) is 30.7 Å². The normalized spacial score (nSPS) is 10.6. The molecular weight excluding hydrogens is 377 g/mol. The second-order valence-electron chi connectivity index (χ2n) is 4.37. The fourth-order valence-corrected chi connectivity index (χ4v) is 1.75. The van der Waals surface area contributed by atoms with Crippen LogP contribution in [0.4, 0.5) is 5.69 Å². The number of aryl methyl sites for hydroxylation is 1. The highest BCUT2D eigenvalue weighted by Crippen LogP contribution is 2.15. The van der Waals surface area contributed by atoms with Crippen LogP contribution in [0.15, 0.2) is 59.6 Å². The van der Waals surface area contributed by atoms with E-state index in [1.165, 1.54) is 0 Å². The van der Waals surface area contributed by atoms with E-state index >= 15 is 0 Å². The largest absolute Gasteiger partial charge is 0.491 e. The lowest BCUT2D eigenvalue weighted by atomic mass is 10.2. The van der Waals surface area contributed by atoms with Crippen LogP contribution in [0.25, 0.3) is 0 Å². The number of nitrogens with one attached hydrogen (secondary N) is 1. The Hall–Kier alpha value is -1.76. The quantitative estimate of drug-likeness (QED) is 0.352. The molecule has 2 rings (SSSR count). The van der Waals surface area contributed by atoms with Gasteiger partial charge in [-0.2, -0.15) is 0 Å². The van der Waals surface area contributed by atoms with Crippen molar-refractivity contribution in [2.75, 3.05) is 18.5 Å². The maximum Gasteiger partial charge on any atom is 0.193 e. The minimum absolute atomic E-state index is 0. The maximum atomic E-state index is 5.80. The van der Waals surface area contributed by atoms with Crippen LogP contribution in [0.1, 0.15) is 5.56 Å². The predicted octanol–water partition coefficient (Wildman–Crippen LogP) is 3.42. The second kappa shape index (κ2) is 9.23. The van der Waals surface area contributed by atoms with Crippen LogP contribution in [0.5, 0.6) is 5.75 Å². The summed E-state index contributed by atoms with van der Waals surface area (Å²) in [6, 6.07) is 17.6. The topological polar surface area (TPSA) is 59.6 Å². The first-order valence-corrected chi connectivity index (χ1v) is 6.56. The summed E-state index contributed by atoms with van der Waals surface area (Å²) in [7, 11) is 0. The van der Waals surface area contributed by atoms with E-state index in [9.17, 15) is 0 Å². The molecule has 0 aliphatic rings. The van der Waals surface area contributed by atoms with Gasteiger partial charge in [0.05, 0.1) is 6.54 Å². The van der Waals surface area contributed by atoms with Gasteiger partial charge in [-0.1, -0.05) is 36.4 Å². The summed E-state index contributed by atoms with van der Waals surface area (Å²) in [5.74, 6) is 1.28. The smallest absolute Gasteiger partial charge is 0.193 e. The van der Waals surface area contributed by atoms with E-state index in [1.54, 1.807) is 0 Å². The van der Waals surface area contributed by atoms with Crippen molar-refractivity contribution in [2.45, 2.75) is 6.92 Å². The van der Waals surface area contributed by atoms with Gasteiger partial charge in [-0.15, -0.1) is 24.0 Å². The molecule has 0 amide bonds. The molecule has 0 saturated carbocycles. The van der Waals surface area contributed by atoms with Crippen LogP contribution >= 0.6 is 24.0 Å². The Balaban J connectivity index is 0.00000220. The van der Waals surface area contributed by atoms with Crippen LogP contribution in [-0.4, -0.2) is 19.1 Å². The monoisotopic (exact) mass is 397 g/mol. The van der Waals surface area contributed by atoms with Crippen LogP contribution < -0.4 is 15.8 Å². The van der Waals surface area contributed by atoms with Crippen molar-refractivity contribution in [3.63, 3.8) is 0 Å². The van der Waals surface area contributed by atoms with Gasteiger partial charge < -0.3 is 15.8 Å². The fourth-order valence-electron chi connectivity index (χ4n) is 1.75. The summed E-state index contributed by atoms with van der Waals surface area (Å²) in [6.07, 6.45) is 0. The molecule has 2 aromatic carbocycles. The molecule has 0 aromatic heterocycles. The van der Waals surface area contributed by atoms with Gasteiger partial charge in [0.15, 0.2) is 5.96 Å². The van der Waals surface area contributed by atoms with Crippen molar-refractivity contribution in [2.24, 2.45) is 10.7 Å². The third-order valence-electron chi connectivity index (χ3n) is 2.77. The zero-order valence-electron chi connectivity index (χ0n) is 12.0. The summed E-state index contributed by atoms with van der Waals surface area (Å²) in [6.45, 7) is 3.03. The second-order valence-corrected chi connectivity index (χ2v) is 4.37. The average Bonchev–Trinajstić information content (AvgIpc) is 2.46. The number of guanidine groups is 1. The molecule has 0 unspecified atom stereocenters. The molecule has 0 atom stereocenters. The number of nitrogens with two attached hydrogens (primary N) is 1. The Morgan fingerprint density at radius 1 is 1.10 bits per heavy atom. The molecule has 21 heavy (non-hydrogen) atoms. The molecule has 0 radical (unpaired) electrons. The number of hydrogen-bond donors (Lipinski definition) is 2. The number of rotatable bonds is 5. The first-order chi connectivity index (χ1) is 9.75. The number of ether oxygens (including phenoxy) is 1. The first-order valence-electron chi connectivity index (χ1n) is 6.56. The SMILES string of the molecule is Cc1ccccc1OCCN=C(N)Nc1ccccc1.I. The van der Waals surface area contributed by atoms with Gasteiger partial charge in [-0.3, -0.25) is 0 Å². The number of aliphatic imine (C=N–C) groups is 1. The number of hydrogen-bond acceptors (Lipinski definition) is 2. The lowest BCUT2D eigenvalue weighted by Gasteiger charge is -2.08. The summed E-state index contributed by atoms with van der Waals surface area (Å²) in [5.41, 5.74) is 7.84. The molecule has 0 spiro atoms. The van der Waals surface area contributed by atoms with Crippen molar-refractivity contribution in [1.29, 1.82) is 0 Å². The van der Waals surface area contributed by atoms with Crippen LogP contribution in [0.2, 0.25) is 0 Å². The molecular formula is C16H20IN3O. The van der Waals surface area contributed by atoms with E-state index in [1.807, 2.05) is 61.5 Å². The molecule has 0 aliphatic heterocycles. The van der Waals surface area contributed by atoms with Gasteiger partial charge in [0.1, 0.15) is 12.4 Å². The number of anilines is 1. The summed E-state index contributed by atoms with van der Waals surface area (Å²) in [5, 5.41) is 3.02. The number of nitrogens with zero attached hydrogens (tertiary/aromatic N) is 1. The van der Waals surface area contributed by atoms with Crippen LogP contribution in [0, 0.1) is 6.92 Å². The molecule has 0 bridgehead atoms. The van der Waals surface area contributed by atoms with Crippen molar-refractivity contribution in [1.82, 2.24) is 0 Å². The Morgan fingerprint density at radius 3 is 2.48 bits per heavy atom. The summed E-state index contributed by atoms with van der Waals surface area (Å²) in [4.78, 5) is 4.22. The highest BCUT2D eigenvalue weighted by atomic mass is 127. The van der Waals surface area contributed by atoms with E-state index < -0.39 is 0 Å². The average molecular weight is 397 g/mol. The molecule has 0 saturated heterocycles. The van der Waals surface area contributed by atoms with E-state index in [0.29, 0.717) is 19.1 Å².